The first-order chi connectivity index (χ1) is 11.5. The van der Waals surface area contributed by atoms with Crippen molar-refractivity contribution in [1.29, 1.82) is 0 Å². The summed E-state index contributed by atoms with van der Waals surface area (Å²) >= 11 is 0. The SMILES string of the molecule is CC(C)c1nc(NCCCN2CCC[C@@H](C)C2)c2cnn(C)c2n1. The number of anilines is 1. The number of aryl methyl sites for hydroxylation is 1. The van der Waals surface area contributed by atoms with Crippen molar-refractivity contribution in [2.45, 2.75) is 46.0 Å². The molecule has 2 aromatic heterocycles. The molecule has 0 radical (unpaired) electrons. The Balaban J connectivity index is 1.62. The highest BCUT2D eigenvalue weighted by Crippen LogP contribution is 2.22. The molecule has 0 saturated carbocycles. The lowest BCUT2D eigenvalue weighted by atomic mass is 10.0. The molecular formula is C18H30N6. The van der Waals surface area contributed by atoms with E-state index in [0.717, 1.165) is 48.1 Å². The highest BCUT2D eigenvalue weighted by Gasteiger charge is 2.16. The van der Waals surface area contributed by atoms with E-state index in [2.05, 4.69) is 41.1 Å². The second kappa shape index (κ2) is 7.47. The van der Waals surface area contributed by atoms with Gasteiger partial charge in [0.05, 0.1) is 11.6 Å². The van der Waals surface area contributed by atoms with Crippen molar-refractivity contribution in [3.63, 3.8) is 0 Å². The molecule has 0 spiro atoms. The molecular weight excluding hydrogens is 300 g/mol. The molecule has 1 saturated heterocycles. The summed E-state index contributed by atoms with van der Waals surface area (Å²) in [6.45, 7) is 11.2. The summed E-state index contributed by atoms with van der Waals surface area (Å²) in [5.41, 5.74) is 0.904. The van der Waals surface area contributed by atoms with Gasteiger partial charge in [-0.2, -0.15) is 5.10 Å². The Bertz CT molecular complexity index is 677. The molecule has 1 atom stereocenters. The normalized spacial score (nSPS) is 19.3. The van der Waals surface area contributed by atoms with E-state index in [-0.39, 0.29) is 0 Å². The van der Waals surface area contributed by atoms with Gasteiger partial charge in [-0.15, -0.1) is 0 Å². The van der Waals surface area contributed by atoms with Crippen LogP contribution in [0, 0.1) is 5.92 Å². The molecule has 6 nitrogen and oxygen atoms in total. The van der Waals surface area contributed by atoms with Crippen molar-refractivity contribution < 1.29 is 0 Å². The van der Waals surface area contributed by atoms with Crippen molar-refractivity contribution in [3.8, 4) is 0 Å². The van der Waals surface area contributed by atoms with Gasteiger partial charge in [-0.25, -0.2) is 9.97 Å². The van der Waals surface area contributed by atoms with Crippen LogP contribution in [0.3, 0.4) is 0 Å². The quantitative estimate of drug-likeness (QED) is 0.825. The van der Waals surface area contributed by atoms with Crippen LogP contribution in [0.1, 0.15) is 51.8 Å². The Kier molecular flexibility index (Phi) is 5.33. The summed E-state index contributed by atoms with van der Waals surface area (Å²) < 4.78 is 1.82. The van der Waals surface area contributed by atoms with E-state index in [9.17, 15) is 0 Å². The van der Waals surface area contributed by atoms with Crippen molar-refractivity contribution in [2.24, 2.45) is 13.0 Å². The molecule has 0 aliphatic carbocycles. The van der Waals surface area contributed by atoms with Gasteiger partial charge in [0, 0.05) is 26.1 Å². The van der Waals surface area contributed by atoms with Crippen LogP contribution in [-0.4, -0.2) is 50.8 Å². The molecule has 0 unspecified atom stereocenters. The van der Waals surface area contributed by atoms with Crippen molar-refractivity contribution in [3.05, 3.63) is 12.0 Å². The second-order valence-electron chi connectivity index (χ2n) is 7.42. The Morgan fingerprint density at radius 3 is 2.92 bits per heavy atom. The number of piperidine rings is 1. The molecule has 0 amide bonds. The van der Waals surface area contributed by atoms with Gasteiger partial charge in [0.25, 0.3) is 0 Å². The number of rotatable bonds is 6. The summed E-state index contributed by atoms with van der Waals surface area (Å²) in [4.78, 5) is 12.0. The number of fused-ring (bicyclic) bond motifs is 1. The first kappa shape index (κ1) is 17.1. The maximum absolute atomic E-state index is 4.72. The predicted octanol–water partition coefficient (Wildman–Crippen LogP) is 3.02. The summed E-state index contributed by atoms with van der Waals surface area (Å²) in [7, 11) is 1.93. The average Bonchev–Trinajstić information content (AvgIpc) is 2.93. The van der Waals surface area contributed by atoms with Crippen LogP contribution in [0.15, 0.2) is 6.20 Å². The van der Waals surface area contributed by atoms with Crippen LogP contribution in [0.2, 0.25) is 0 Å². The van der Waals surface area contributed by atoms with Crippen molar-refractivity contribution >= 4 is 16.9 Å². The number of nitrogens with one attached hydrogen (secondary N) is 1. The smallest absolute Gasteiger partial charge is 0.163 e. The highest BCUT2D eigenvalue weighted by molar-refractivity contribution is 5.86. The molecule has 0 bridgehead atoms. The molecule has 24 heavy (non-hydrogen) atoms. The standard InChI is InChI=1S/C18H30N6/c1-13(2)16-21-17(15-11-20-23(4)18(15)22-16)19-8-6-10-24-9-5-7-14(3)12-24/h11,13-14H,5-10,12H2,1-4H3,(H,19,21,22)/t14-/m1/s1. The van der Waals surface area contributed by atoms with Gasteiger partial charge in [-0.05, 0) is 38.3 Å². The fourth-order valence-corrected chi connectivity index (χ4v) is 3.43. The molecule has 1 aliphatic heterocycles. The molecule has 1 fully saturated rings. The van der Waals surface area contributed by atoms with Crippen LogP contribution in [-0.2, 0) is 7.05 Å². The van der Waals surface area contributed by atoms with E-state index >= 15 is 0 Å². The zero-order chi connectivity index (χ0) is 17.1. The van der Waals surface area contributed by atoms with Crippen molar-refractivity contribution in [1.82, 2.24) is 24.6 Å². The molecule has 0 aromatic carbocycles. The van der Waals surface area contributed by atoms with Crippen LogP contribution in [0.25, 0.3) is 11.0 Å². The topological polar surface area (TPSA) is 58.9 Å². The van der Waals surface area contributed by atoms with E-state index in [4.69, 9.17) is 4.98 Å². The minimum Gasteiger partial charge on any atom is -0.369 e. The van der Waals surface area contributed by atoms with E-state index in [0.29, 0.717) is 5.92 Å². The summed E-state index contributed by atoms with van der Waals surface area (Å²) in [5, 5.41) is 8.86. The van der Waals surface area contributed by atoms with Gasteiger partial charge < -0.3 is 10.2 Å². The molecule has 3 heterocycles. The van der Waals surface area contributed by atoms with Crippen molar-refractivity contribution in [2.75, 3.05) is 31.5 Å². The third-order valence-corrected chi connectivity index (χ3v) is 4.81. The van der Waals surface area contributed by atoms with Gasteiger partial charge in [-0.1, -0.05) is 20.8 Å². The van der Waals surface area contributed by atoms with Crippen LogP contribution >= 0.6 is 0 Å². The van der Waals surface area contributed by atoms with Gasteiger partial charge in [0.2, 0.25) is 0 Å². The summed E-state index contributed by atoms with van der Waals surface area (Å²) in [6, 6.07) is 0. The number of hydrogen-bond acceptors (Lipinski definition) is 5. The Hall–Kier alpha value is -1.69. The number of nitrogens with zero attached hydrogens (tertiary/aromatic N) is 5. The molecule has 1 aliphatic rings. The zero-order valence-electron chi connectivity index (χ0n) is 15.4. The van der Waals surface area contributed by atoms with E-state index < -0.39 is 0 Å². The Morgan fingerprint density at radius 2 is 2.17 bits per heavy atom. The second-order valence-corrected chi connectivity index (χ2v) is 7.42. The Labute approximate surface area is 144 Å². The van der Waals surface area contributed by atoms with Gasteiger partial charge in [0.1, 0.15) is 11.6 Å². The summed E-state index contributed by atoms with van der Waals surface area (Å²) in [6.07, 6.45) is 5.71. The lowest BCUT2D eigenvalue weighted by Crippen LogP contribution is -2.35. The molecule has 132 valence electrons. The highest BCUT2D eigenvalue weighted by atomic mass is 15.3. The van der Waals surface area contributed by atoms with Gasteiger partial charge in [-0.3, -0.25) is 4.68 Å². The lowest BCUT2D eigenvalue weighted by Gasteiger charge is -2.30. The fourth-order valence-electron chi connectivity index (χ4n) is 3.43. The minimum absolute atomic E-state index is 0.305. The monoisotopic (exact) mass is 330 g/mol. The minimum atomic E-state index is 0.305. The lowest BCUT2D eigenvalue weighted by molar-refractivity contribution is 0.183. The number of hydrogen-bond donors (Lipinski definition) is 1. The molecule has 6 heteroatoms. The van der Waals surface area contributed by atoms with Gasteiger partial charge in [0.15, 0.2) is 5.65 Å². The van der Waals surface area contributed by atoms with Crippen LogP contribution in [0.5, 0.6) is 0 Å². The van der Waals surface area contributed by atoms with Gasteiger partial charge >= 0.3 is 0 Å². The first-order valence-electron chi connectivity index (χ1n) is 9.20. The largest absolute Gasteiger partial charge is 0.369 e. The number of likely N-dealkylation sites (tertiary alicyclic amines) is 1. The molecule has 2 aromatic rings. The van der Waals surface area contributed by atoms with E-state index in [1.54, 1.807) is 0 Å². The fraction of sp³-hybridized carbons (Fsp3) is 0.722. The molecule has 1 N–H and O–H groups in total. The summed E-state index contributed by atoms with van der Waals surface area (Å²) in [5.74, 6) is 2.94. The predicted molar refractivity (Wildman–Crippen MR) is 98.3 cm³/mol. The average molecular weight is 330 g/mol. The Morgan fingerprint density at radius 1 is 1.33 bits per heavy atom. The zero-order valence-corrected chi connectivity index (χ0v) is 15.4. The van der Waals surface area contributed by atoms with Crippen LogP contribution in [0.4, 0.5) is 5.82 Å². The van der Waals surface area contributed by atoms with Crippen LogP contribution < -0.4 is 5.32 Å². The maximum Gasteiger partial charge on any atom is 0.163 e. The third-order valence-electron chi connectivity index (χ3n) is 4.81. The molecule has 3 rings (SSSR count). The maximum atomic E-state index is 4.72. The first-order valence-corrected chi connectivity index (χ1v) is 9.20. The third kappa shape index (κ3) is 3.86. The van der Waals surface area contributed by atoms with E-state index in [1.807, 2.05) is 17.9 Å². The number of aromatic nitrogens is 4. The van der Waals surface area contributed by atoms with E-state index in [1.165, 1.54) is 25.9 Å².